The highest BCUT2D eigenvalue weighted by Gasteiger charge is 2.44. The van der Waals surface area contributed by atoms with Gasteiger partial charge in [-0.3, -0.25) is 0 Å². The van der Waals surface area contributed by atoms with Crippen LogP contribution in [-0.4, -0.2) is 26.0 Å². The van der Waals surface area contributed by atoms with E-state index in [1.807, 2.05) is 0 Å². The summed E-state index contributed by atoms with van der Waals surface area (Å²) in [6.45, 7) is 7.03. The molecule has 0 aliphatic heterocycles. The van der Waals surface area contributed by atoms with Gasteiger partial charge in [-0.05, 0) is 74.2 Å². The average Bonchev–Trinajstić information content (AvgIpc) is 2.52. The zero-order valence-corrected chi connectivity index (χ0v) is 15.9. The van der Waals surface area contributed by atoms with E-state index in [1.54, 1.807) is 39.8 Å². The summed E-state index contributed by atoms with van der Waals surface area (Å²) in [6, 6.07) is 8.43. The van der Waals surface area contributed by atoms with E-state index in [9.17, 15) is 22.4 Å². The maximum absolute atomic E-state index is 12.7. The van der Waals surface area contributed by atoms with Crippen LogP contribution in [0.25, 0.3) is 5.53 Å². The molecule has 0 spiro atoms. The van der Waals surface area contributed by atoms with E-state index < -0.39 is 24.1 Å². The van der Waals surface area contributed by atoms with Crippen LogP contribution in [0.3, 0.4) is 0 Å². The number of aryl methyl sites for hydroxylation is 4. The van der Waals surface area contributed by atoms with E-state index in [4.69, 9.17) is 0 Å². The molecule has 2 aromatic carbocycles. The molecule has 0 atom stereocenters. The molecule has 0 aliphatic rings. The standard InChI is InChI=1S/C17H18N2O4S2/c1-11-5-7-15(9-13(11)3)24(20,21)17(19-18)25(22,23)16-8-6-12(2)14(4)10-16/h5-10H,1-4H3. The first-order chi connectivity index (χ1) is 11.5. The number of hydrogen-bond donors (Lipinski definition) is 0. The van der Waals surface area contributed by atoms with E-state index in [2.05, 4.69) is 4.79 Å². The lowest BCUT2D eigenvalue weighted by Gasteiger charge is -2.06. The summed E-state index contributed by atoms with van der Waals surface area (Å²) in [7, 11) is -9.01. The predicted octanol–water partition coefficient (Wildman–Crippen LogP) is 2.75. The molecule has 0 unspecified atom stereocenters. The van der Waals surface area contributed by atoms with E-state index in [0.29, 0.717) is 11.1 Å². The summed E-state index contributed by atoms with van der Waals surface area (Å²) in [5.74, 6) is 0. The van der Waals surface area contributed by atoms with Crippen LogP contribution in [0.5, 0.6) is 0 Å². The topological polar surface area (TPSA) is 105 Å². The fourth-order valence-electron chi connectivity index (χ4n) is 2.22. The lowest BCUT2D eigenvalue weighted by atomic mass is 10.1. The van der Waals surface area contributed by atoms with E-state index >= 15 is 0 Å². The van der Waals surface area contributed by atoms with Crippen molar-refractivity contribution in [2.75, 3.05) is 0 Å². The van der Waals surface area contributed by atoms with Gasteiger partial charge in [-0.15, -0.1) is 4.79 Å². The molecule has 0 N–H and O–H groups in total. The lowest BCUT2D eigenvalue weighted by Crippen LogP contribution is -2.26. The molecule has 8 heteroatoms. The Kier molecular flexibility index (Phi) is 4.99. The molecule has 6 nitrogen and oxygen atoms in total. The van der Waals surface area contributed by atoms with Crippen molar-refractivity contribution < 1.29 is 21.6 Å². The second kappa shape index (κ2) is 6.55. The zero-order valence-electron chi connectivity index (χ0n) is 14.3. The van der Waals surface area contributed by atoms with E-state index in [1.165, 1.54) is 24.3 Å². The molecule has 0 saturated carbocycles. The highest BCUT2D eigenvalue weighted by atomic mass is 32.3. The molecule has 0 heterocycles. The van der Waals surface area contributed by atoms with Crippen LogP contribution in [0.15, 0.2) is 46.2 Å². The van der Waals surface area contributed by atoms with Crippen molar-refractivity contribution in [2.45, 2.75) is 37.5 Å². The van der Waals surface area contributed by atoms with Gasteiger partial charge in [0.15, 0.2) is 0 Å². The average molecular weight is 378 g/mol. The Morgan fingerprint density at radius 3 is 1.36 bits per heavy atom. The van der Waals surface area contributed by atoms with Gasteiger partial charge in [0.2, 0.25) is 0 Å². The highest BCUT2D eigenvalue weighted by molar-refractivity contribution is 8.31. The third kappa shape index (κ3) is 3.42. The van der Waals surface area contributed by atoms with Crippen molar-refractivity contribution in [3.8, 4) is 0 Å². The van der Waals surface area contributed by atoms with Gasteiger partial charge in [-0.2, -0.15) is 0 Å². The fraction of sp³-hybridized carbons (Fsp3) is 0.235. The van der Waals surface area contributed by atoms with Crippen molar-refractivity contribution in [1.29, 1.82) is 0 Å². The normalized spacial score (nSPS) is 11.8. The minimum absolute atomic E-state index is 0.240. The van der Waals surface area contributed by atoms with E-state index in [-0.39, 0.29) is 9.79 Å². The van der Waals surface area contributed by atoms with Gasteiger partial charge in [-0.25, -0.2) is 16.8 Å². The Bertz CT molecular complexity index is 1030. The molecule has 0 aliphatic carbocycles. The Balaban J connectivity index is 2.67. The second-order valence-electron chi connectivity index (χ2n) is 5.86. The summed E-state index contributed by atoms with van der Waals surface area (Å²) in [6.07, 6.45) is 0. The van der Waals surface area contributed by atoms with Crippen molar-refractivity contribution in [2.24, 2.45) is 0 Å². The van der Waals surface area contributed by atoms with Gasteiger partial charge >= 0.3 is 4.38 Å². The smallest absolute Gasteiger partial charge is 0.359 e. The van der Waals surface area contributed by atoms with Gasteiger partial charge in [0.05, 0.1) is 9.79 Å². The van der Waals surface area contributed by atoms with Crippen LogP contribution in [0.2, 0.25) is 0 Å². The third-order valence-corrected chi connectivity index (χ3v) is 8.27. The Labute approximate surface area is 147 Å². The molecule has 2 rings (SSSR count). The fourth-order valence-corrected chi connectivity index (χ4v) is 5.72. The van der Waals surface area contributed by atoms with Crippen LogP contribution in [0, 0.1) is 27.7 Å². The number of nitrogens with zero attached hydrogens (tertiary/aromatic N) is 2. The SMILES string of the molecule is Cc1ccc(S(=O)(=O)C(=[N+]=[N-])S(=O)(=O)c2ccc(C)c(C)c2)cc1C. The first-order valence-electron chi connectivity index (χ1n) is 7.38. The predicted molar refractivity (Wildman–Crippen MR) is 94.8 cm³/mol. The Morgan fingerprint density at radius 1 is 0.720 bits per heavy atom. The second-order valence-corrected chi connectivity index (χ2v) is 9.85. The molecule has 0 bridgehead atoms. The third-order valence-electron chi connectivity index (χ3n) is 4.12. The lowest BCUT2D eigenvalue weighted by molar-refractivity contribution is 0.00380. The van der Waals surface area contributed by atoms with Crippen LogP contribution < -0.4 is 0 Å². The van der Waals surface area contributed by atoms with Gasteiger partial charge in [0.1, 0.15) is 0 Å². The summed E-state index contributed by atoms with van der Waals surface area (Å²) >= 11 is 0. The molecular formula is C17H18N2O4S2. The monoisotopic (exact) mass is 378 g/mol. The minimum atomic E-state index is -4.51. The molecule has 132 valence electrons. The van der Waals surface area contributed by atoms with E-state index in [0.717, 1.165) is 11.1 Å². The summed E-state index contributed by atoms with van der Waals surface area (Å²) in [5.41, 5.74) is 12.3. The van der Waals surface area contributed by atoms with Crippen molar-refractivity contribution in [1.82, 2.24) is 0 Å². The van der Waals surface area contributed by atoms with Crippen molar-refractivity contribution in [3.05, 3.63) is 64.2 Å². The summed E-state index contributed by atoms with van der Waals surface area (Å²) in [5, 5.41) is 0. The molecule has 2 aromatic rings. The highest BCUT2D eigenvalue weighted by Crippen LogP contribution is 2.23. The first-order valence-corrected chi connectivity index (χ1v) is 10.3. The van der Waals surface area contributed by atoms with Crippen LogP contribution in [0.4, 0.5) is 0 Å². The molecular weight excluding hydrogens is 360 g/mol. The molecule has 0 radical (unpaired) electrons. The molecule has 0 amide bonds. The summed E-state index contributed by atoms with van der Waals surface area (Å²) in [4.78, 5) is 2.15. The molecule has 0 aromatic heterocycles. The Morgan fingerprint density at radius 2 is 1.08 bits per heavy atom. The number of rotatable bonds is 2. The van der Waals surface area contributed by atoms with Crippen LogP contribution in [0.1, 0.15) is 22.3 Å². The first kappa shape index (κ1) is 19.1. The zero-order chi connectivity index (χ0) is 19.0. The molecule has 25 heavy (non-hydrogen) atoms. The molecule has 0 fully saturated rings. The minimum Gasteiger partial charge on any atom is -0.359 e. The van der Waals surface area contributed by atoms with Gasteiger partial charge in [-0.1, -0.05) is 12.1 Å². The largest absolute Gasteiger partial charge is 0.504 e. The maximum atomic E-state index is 12.7. The van der Waals surface area contributed by atoms with Crippen molar-refractivity contribution in [3.63, 3.8) is 0 Å². The quantitative estimate of drug-likeness (QED) is 0.347. The Hall–Kier alpha value is -2.28. The number of benzene rings is 2. The van der Waals surface area contributed by atoms with Gasteiger partial charge < -0.3 is 5.53 Å². The number of hydrogen-bond acceptors (Lipinski definition) is 4. The molecule has 0 saturated heterocycles. The van der Waals surface area contributed by atoms with Crippen LogP contribution >= 0.6 is 0 Å². The van der Waals surface area contributed by atoms with Crippen molar-refractivity contribution >= 4 is 24.1 Å². The van der Waals surface area contributed by atoms with Crippen LogP contribution in [-0.2, 0) is 19.7 Å². The maximum Gasteiger partial charge on any atom is 0.504 e. The van der Waals surface area contributed by atoms with Gasteiger partial charge in [0, 0.05) is 0 Å². The van der Waals surface area contributed by atoms with Gasteiger partial charge in [0.25, 0.3) is 19.7 Å². The number of sulfone groups is 2. The summed E-state index contributed by atoms with van der Waals surface area (Å²) < 4.78 is 49.6.